The number of carbonyl (C=O) groups is 3. The lowest BCUT2D eigenvalue weighted by molar-refractivity contribution is -0.124. The van der Waals surface area contributed by atoms with Crippen molar-refractivity contribution in [1.82, 2.24) is 24.8 Å². The van der Waals surface area contributed by atoms with Crippen LogP contribution in [0.25, 0.3) is 11.7 Å². The Bertz CT molecular complexity index is 1090. The van der Waals surface area contributed by atoms with Crippen molar-refractivity contribution in [3.05, 3.63) is 35.6 Å². The van der Waals surface area contributed by atoms with Crippen molar-refractivity contribution in [1.29, 1.82) is 0 Å². The number of rotatable bonds is 4. The van der Waals surface area contributed by atoms with Gasteiger partial charge >= 0.3 is 6.03 Å². The predicted octanol–water partition coefficient (Wildman–Crippen LogP) is 1.14. The van der Waals surface area contributed by atoms with Gasteiger partial charge in [0.2, 0.25) is 5.91 Å². The summed E-state index contributed by atoms with van der Waals surface area (Å²) in [5.41, 5.74) is 1.45. The number of carbonyl (C=O) groups excluding carboxylic acids is 3. The number of fused-ring (bicyclic) bond motifs is 1. The topological polar surface area (TPSA) is 121 Å². The molecular formula is C19H19N7O3. The molecule has 148 valence electrons. The second-order valence-corrected chi connectivity index (χ2v) is 7.31. The molecule has 5 rings (SSSR count). The second kappa shape index (κ2) is 6.73. The highest BCUT2D eigenvalue weighted by Gasteiger charge is 2.26. The Kier molecular flexibility index (Phi) is 4.04. The van der Waals surface area contributed by atoms with Crippen LogP contribution in [-0.4, -0.2) is 56.5 Å². The lowest BCUT2D eigenvalue weighted by atomic mass is 10.1. The fraction of sp³-hybridized carbons (Fsp3) is 0.316. The van der Waals surface area contributed by atoms with E-state index in [0.717, 1.165) is 12.8 Å². The van der Waals surface area contributed by atoms with E-state index in [4.69, 9.17) is 0 Å². The van der Waals surface area contributed by atoms with Crippen molar-refractivity contribution < 1.29 is 14.4 Å². The van der Waals surface area contributed by atoms with Gasteiger partial charge in [0, 0.05) is 36.3 Å². The van der Waals surface area contributed by atoms with Crippen LogP contribution in [0.2, 0.25) is 0 Å². The third-order valence-corrected chi connectivity index (χ3v) is 4.99. The minimum absolute atomic E-state index is 0.0295. The normalized spacial score (nSPS) is 20.0. The molecule has 1 saturated heterocycles. The van der Waals surface area contributed by atoms with E-state index in [1.165, 1.54) is 0 Å². The van der Waals surface area contributed by atoms with Gasteiger partial charge in [0.1, 0.15) is 11.6 Å². The largest absolute Gasteiger partial charge is 0.367 e. The fourth-order valence-electron chi connectivity index (χ4n) is 3.33. The summed E-state index contributed by atoms with van der Waals surface area (Å²) in [6.45, 7) is 1.13. The van der Waals surface area contributed by atoms with Crippen LogP contribution in [-0.2, 0) is 9.59 Å². The van der Waals surface area contributed by atoms with E-state index < -0.39 is 5.91 Å². The number of nitrogens with one attached hydrogen (secondary N) is 3. The minimum atomic E-state index is -0.406. The molecule has 4 amide bonds. The molecule has 4 heterocycles. The van der Waals surface area contributed by atoms with Crippen LogP contribution >= 0.6 is 0 Å². The molecule has 2 fully saturated rings. The molecule has 3 aliphatic rings. The number of anilines is 2. The quantitative estimate of drug-likeness (QED) is 0.407. The second-order valence-electron chi connectivity index (χ2n) is 7.31. The van der Waals surface area contributed by atoms with E-state index >= 15 is 0 Å². The van der Waals surface area contributed by atoms with Crippen LogP contribution in [0.15, 0.2) is 30.0 Å². The third-order valence-electron chi connectivity index (χ3n) is 4.99. The summed E-state index contributed by atoms with van der Waals surface area (Å²) in [6.07, 6.45) is 9.27. The Labute approximate surface area is 165 Å². The molecule has 0 aromatic carbocycles. The van der Waals surface area contributed by atoms with Gasteiger partial charge in [-0.3, -0.25) is 20.2 Å². The van der Waals surface area contributed by atoms with Gasteiger partial charge in [-0.25, -0.2) is 9.78 Å². The number of hydrogen-bond acceptors (Lipinski definition) is 6. The summed E-state index contributed by atoms with van der Waals surface area (Å²) in [7, 11) is 0. The predicted molar refractivity (Wildman–Crippen MR) is 105 cm³/mol. The van der Waals surface area contributed by atoms with E-state index in [1.807, 2.05) is 12.2 Å². The molecule has 2 aromatic rings. The molecule has 0 bridgehead atoms. The molecule has 2 aromatic heterocycles. The Balaban J connectivity index is 1.51. The average molecular weight is 393 g/mol. The Morgan fingerprint density at radius 1 is 1.24 bits per heavy atom. The summed E-state index contributed by atoms with van der Waals surface area (Å²) in [6, 6.07) is 1.89. The zero-order chi connectivity index (χ0) is 20.0. The molecule has 0 atom stereocenters. The fourth-order valence-corrected chi connectivity index (χ4v) is 3.33. The van der Waals surface area contributed by atoms with Gasteiger partial charge in [-0.2, -0.15) is 9.61 Å². The van der Waals surface area contributed by atoms with E-state index in [9.17, 15) is 14.4 Å². The lowest BCUT2D eigenvalue weighted by Gasteiger charge is -2.17. The Morgan fingerprint density at radius 3 is 2.72 bits per heavy atom. The first-order chi connectivity index (χ1) is 14.1. The summed E-state index contributed by atoms with van der Waals surface area (Å²) < 4.78 is 1.65. The van der Waals surface area contributed by atoms with E-state index in [0.29, 0.717) is 47.6 Å². The highest BCUT2D eigenvalue weighted by Crippen LogP contribution is 2.28. The highest BCUT2D eigenvalue weighted by molar-refractivity contribution is 6.15. The first-order valence-electron chi connectivity index (χ1n) is 9.48. The average Bonchev–Trinajstić information content (AvgIpc) is 3.07. The molecule has 0 radical (unpaired) electrons. The van der Waals surface area contributed by atoms with Gasteiger partial charge < -0.3 is 10.2 Å². The van der Waals surface area contributed by atoms with Crippen LogP contribution in [0.3, 0.4) is 0 Å². The molecule has 3 N–H and O–H groups in total. The summed E-state index contributed by atoms with van der Waals surface area (Å²) >= 11 is 0. The van der Waals surface area contributed by atoms with Crippen molar-refractivity contribution >= 4 is 41.2 Å². The van der Waals surface area contributed by atoms with Crippen LogP contribution in [0, 0.1) is 0 Å². The van der Waals surface area contributed by atoms with Gasteiger partial charge in [0.25, 0.3) is 5.91 Å². The number of urea groups is 1. The number of nitrogens with zero attached hydrogens (tertiary/aromatic N) is 4. The number of hydrogen-bond donors (Lipinski definition) is 3. The van der Waals surface area contributed by atoms with Crippen LogP contribution in [0.1, 0.15) is 24.8 Å². The molecule has 0 unspecified atom stereocenters. The zero-order valence-corrected chi connectivity index (χ0v) is 15.5. The van der Waals surface area contributed by atoms with E-state index in [2.05, 4.69) is 26.0 Å². The van der Waals surface area contributed by atoms with Crippen molar-refractivity contribution in [3.63, 3.8) is 0 Å². The Hall–Kier alpha value is -3.69. The van der Waals surface area contributed by atoms with Crippen molar-refractivity contribution in [2.75, 3.05) is 23.7 Å². The van der Waals surface area contributed by atoms with Crippen LogP contribution < -0.4 is 16.0 Å². The monoisotopic (exact) mass is 393 g/mol. The SMILES string of the molecule is O=C1C/C(=C\c2cnn3c(NC4CC4)cc(NC(=O)N4CC=CC4)nc23)C(=O)N1. The van der Waals surface area contributed by atoms with Crippen molar-refractivity contribution in [3.8, 4) is 0 Å². The molecule has 0 spiro atoms. The van der Waals surface area contributed by atoms with Gasteiger partial charge in [-0.15, -0.1) is 0 Å². The molecule has 1 aliphatic carbocycles. The first-order valence-corrected chi connectivity index (χ1v) is 9.48. The zero-order valence-electron chi connectivity index (χ0n) is 15.5. The summed E-state index contributed by atoms with van der Waals surface area (Å²) in [4.78, 5) is 42.0. The summed E-state index contributed by atoms with van der Waals surface area (Å²) in [5.74, 6) is 0.374. The summed E-state index contributed by atoms with van der Waals surface area (Å²) in [5, 5.41) is 12.9. The third kappa shape index (κ3) is 3.44. The smallest absolute Gasteiger partial charge is 0.323 e. The first kappa shape index (κ1) is 17.4. The number of imide groups is 1. The number of aromatic nitrogens is 3. The number of amides is 4. The maximum Gasteiger partial charge on any atom is 0.323 e. The van der Waals surface area contributed by atoms with Crippen LogP contribution in [0.5, 0.6) is 0 Å². The highest BCUT2D eigenvalue weighted by atomic mass is 16.2. The van der Waals surface area contributed by atoms with Crippen LogP contribution in [0.4, 0.5) is 16.4 Å². The molecule has 29 heavy (non-hydrogen) atoms. The molecule has 2 aliphatic heterocycles. The van der Waals surface area contributed by atoms with Gasteiger partial charge in [-0.05, 0) is 18.9 Å². The maximum absolute atomic E-state index is 12.5. The maximum atomic E-state index is 12.5. The van der Waals surface area contributed by atoms with Crippen molar-refractivity contribution in [2.45, 2.75) is 25.3 Å². The lowest BCUT2D eigenvalue weighted by Crippen LogP contribution is -2.33. The Morgan fingerprint density at radius 2 is 2.03 bits per heavy atom. The molecule has 10 heteroatoms. The van der Waals surface area contributed by atoms with Crippen molar-refractivity contribution in [2.24, 2.45) is 0 Å². The molecular weight excluding hydrogens is 374 g/mol. The molecule has 1 saturated carbocycles. The van der Waals surface area contributed by atoms with E-state index in [-0.39, 0.29) is 18.4 Å². The van der Waals surface area contributed by atoms with Gasteiger partial charge in [0.05, 0.1) is 12.6 Å². The van der Waals surface area contributed by atoms with Gasteiger partial charge in [0.15, 0.2) is 5.65 Å². The molecule has 10 nitrogen and oxygen atoms in total. The minimum Gasteiger partial charge on any atom is -0.367 e. The standard InChI is InChI=1S/C19H19N7O3/c27-16-8-11(18(28)24-16)7-12-10-20-26-15(21-13-3-4-13)9-14(22-17(12)26)23-19(29)25-5-1-2-6-25/h1-2,7,9-10,13,21H,3-6,8H2,(H,22,23,29)(H,24,27,28)/b11-7+. The van der Waals surface area contributed by atoms with Gasteiger partial charge in [-0.1, -0.05) is 12.2 Å². The van der Waals surface area contributed by atoms with E-state index in [1.54, 1.807) is 27.8 Å².